The molecule has 0 saturated carbocycles. The van der Waals surface area contributed by atoms with Crippen LogP contribution in [0, 0.1) is 5.92 Å². The SMILES string of the molecule is CC1CCN(C(=O)COC(=O)c2ccc(S(=O)(=O)N(C)C)cc2)CC1. The summed E-state index contributed by atoms with van der Waals surface area (Å²) in [5.74, 6) is -0.233. The van der Waals surface area contributed by atoms with Crippen LogP contribution in [0.1, 0.15) is 30.1 Å². The van der Waals surface area contributed by atoms with Crippen molar-refractivity contribution in [2.24, 2.45) is 5.92 Å². The van der Waals surface area contributed by atoms with Crippen LogP contribution in [-0.4, -0.2) is 63.3 Å². The number of esters is 1. The molecule has 8 heteroatoms. The Labute approximate surface area is 148 Å². The number of sulfonamides is 1. The number of rotatable bonds is 5. The molecule has 1 aromatic carbocycles. The van der Waals surface area contributed by atoms with E-state index in [2.05, 4.69) is 6.92 Å². The third-order valence-electron chi connectivity index (χ3n) is 4.33. The Morgan fingerprint density at radius 2 is 1.72 bits per heavy atom. The van der Waals surface area contributed by atoms with Gasteiger partial charge in [-0.3, -0.25) is 4.79 Å². The molecule has 0 aromatic heterocycles. The smallest absolute Gasteiger partial charge is 0.338 e. The van der Waals surface area contributed by atoms with Gasteiger partial charge in [-0.05, 0) is 43.0 Å². The normalized spacial score (nSPS) is 16.1. The van der Waals surface area contributed by atoms with Crippen molar-refractivity contribution in [3.05, 3.63) is 29.8 Å². The third kappa shape index (κ3) is 4.79. The van der Waals surface area contributed by atoms with Gasteiger partial charge in [0.1, 0.15) is 0 Å². The lowest BCUT2D eigenvalue weighted by atomic mass is 9.99. The molecule has 25 heavy (non-hydrogen) atoms. The fraction of sp³-hybridized carbons (Fsp3) is 0.529. The van der Waals surface area contributed by atoms with Gasteiger partial charge in [0.2, 0.25) is 10.0 Å². The van der Waals surface area contributed by atoms with Gasteiger partial charge in [-0.25, -0.2) is 17.5 Å². The van der Waals surface area contributed by atoms with E-state index in [1.54, 1.807) is 4.90 Å². The zero-order valence-corrected chi connectivity index (χ0v) is 15.6. The average molecular weight is 368 g/mol. The zero-order chi connectivity index (χ0) is 18.6. The summed E-state index contributed by atoms with van der Waals surface area (Å²) in [6.07, 6.45) is 1.92. The van der Waals surface area contributed by atoms with E-state index in [1.165, 1.54) is 38.4 Å². The minimum Gasteiger partial charge on any atom is -0.452 e. The monoisotopic (exact) mass is 368 g/mol. The van der Waals surface area contributed by atoms with Gasteiger partial charge >= 0.3 is 5.97 Å². The first kappa shape index (κ1) is 19.4. The Kier molecular flexibility index (Phi) is 6.18. The highest BCUT2D eigenvalue weighted by atomic mass is 32.2. The van der Waals surface area contributed by atoms with Crippen LogP contribution in [0.5, 0.6) is 0 Å². The molecule has 7 nitrogen and oxygen atoms in total. The number of benzene rings is 1. The van der Waals surface area contributed by atoms with Gasteiger partial charge in [0.05, 0.1) is 10.5 Å². The maximum Gasteiger partial charge on any atom is 0.338 e. The van der Waals surface area contributed by atoms with Gasteiger partial charge in [-0.15, -0.1) is 0 Å². The number of hydrogen-bond donors (Lipinski definition) is 0. The van der Waals surface area contributed by atoms with Crippen molar-refractivity contribution < 1.29 is 22.7 Å². The first-order valence-corrected chi connectivity index (χ1v) is 9.63. The van der Waals surface area contributed by atoms with Crippen molar-refractivity contribution in [1.82, 2.24) is 9.21 Å². The lowest BCUT2D eigenvalue weighted by Crippen LogP contribution is -2.40. The van der Waals surface area contributed by atoms with Crippen LogP contribution >= 0.6 is 0 Å². The fourth-order valence-electron chi connectivity index (χ4n) is 2.53. The van der Waals surface area contributed by atoms with Gasteiger partial charge in [0.25, 0.3) is 5.91 Å². The number of piperidine rings is 1. The average Bonchev–Trinajstić information content (AvgIpc) is 2.60. The van der Waals surface area contributed by atoms with Crippen LogP contribution < -0.4 is 0 Å². The van der Waals surface area contributed by atoms with Crippen molar-refractivity contribution in [1.29, 1.82) is 0 Å². The Hall–Kier alpha value is -1.93. The second-order valence-corrected chi connectivity index (χ2v) is 8.60. The van der Waals surface area contributed by atoms with Gasteiger partial charge < -0.3 is 9.64 Å². The number of carbonyl (C=O) groups excluding carboxylic acids is 2. The summed E-state index contributed by atoms with van der Waals surface area (Å²) in [4.78, 5) is 25.9. The second-order valence-electron chi connectivity index (χ2n) is 6.45. The van der Waals surface area contributed by atoms with Crippen LogP contribution in [0.15, 0.2) is 29.2 Å². The van der Waals surface area contributed by atoms with Gasteiger partial charge in [-0.1, -0.05) is 6.92 Å². The molecule has 0 N–H and O–H groups in total. The summed E-state index contributed by atoms with van der Waals surface area (Å²) in [5, 5.41) is 0. The molecule has 1 fully saturated rings. The van der Waals surface area contributed by atoms with Crippen molar-refractivity contribution >= 4 is 21.9 Å². The first-order valence-electron chi connectivity index (χ1n) is 8.19. The van der Waals surface area contributed by atoms with E-state index in [-0.39, 0.29) is 23.0 Å². The number of likely N-dealkylation sites (tertiary alicyclic amines) is 1. The lowest BCUT2D eigenvalue weighted by molar-refractivity contribution is -0.135. The molecule has 1 heterocycles. The molecule has 1 aliphatic rings. The minimum atomic E-state index is -3.54. The van der Waals surface area contributed by atoms with E-state index in [0.29, 0.717) is 19.0 Å². The highest BCUT2D eigenvalue weighted by molar-refractivity contribution is 7.89. The molecule has 1 aliphatic heterocycles. The molecule has 1 saturated heterocycles. The van der Waals surface area contributed by atoms with Crippen LogP contribution in [-0.2, 0) is 19.6 Å². The maximum absolute atomic E-state index is 12.1. The standard InChI is InChI=1S/C17H24N2O5S/c1-13-8-10-19(11-9-13)16(20)12-24-17(21)14-4-6-15(7-5-14)25(22,23)18(2)3/h4-7,13H,8-12H2,1-3H3. The topological polar surface area (TPSA) is 84.0 Å². The number of hydrogen-bond acceptors (Lipinski definition) is 5. The van der Waals surface area contributed by atoms with Crippen LogP contribution in [0.3, 0.4) is 0 Å². The molecule has 0 bridgehead atoms. The number of amides is 1. The Morgan fingerprint density at radius 3 is 2.24 bits per heavy atom. The van der Waals surface area contributed by atoms with Gasteiger partial charge in [0, 0.05) is 27.2 Å². The van der Waals surface area contributed by atoms with Crippen molar-refractivity contribution in [2.75, 3.05) is 33.8 Å². The maximum atomic E-state index is 12.1. The number of ether oxygens (including phenoxy) is 1. The quantitative estimate of drug-likeness (QED) is 0.733. The van der Waals surface area contributed by atoms with Crippen molar-refractivity contribution in [2.45, 2.75) is 24.7 Å². The molecular formula is C17H24N2O5S. The molecule has 2 rings (SSSR count). The van der Waals surface area contributed by atoms with E-state index in [0.717, 1.165) is 17.1 Å². The summed E-state index contributed by atoms with van der Waals surface area (Å²) in [5.41, 5.74) is 0.206. The summed E-state index contributed by atoms with van der Waals surface area (Å²) in [6, 6.07) is 5.46. The fourth-order valence-corrected chi connectivity index (χ4v) is 3.44. The van der Waals surface area contributed by atoms with Crippen LogP contribution in [0.2, 0.25) is 0 Å². The largest absolute Gasteiger partial charge is 0.452 e. The second kappa shape index (κ2) is 7.97. The number of nitrogens with zero attached hydrogens (tertiary/aromatic N) is 2. The molecule has 1 aromatic rings. The highest BCUT2D eigenvalue weighted by Gasteiger charge is 2.22. The summed E-state index contributed by atoms with van der Waals surface area (Å²) < 4.78 is 30.1. The van der Waals surface area contributed by atoms with Crippen LogP contribution in [0.4, 0.5) is 0 Å². The first-order chi connectivity index (χ1) is 11.7. The van der Waals surface area contributed by atoms with E-state index in [1.807, 2.05) is 0 Å². The minimum absolute atomic E-state index is 0.0903. The Balaban J connectivity index is 1.92. The molecule has 138 valence electrons. The van der Waals surface area contributed by atoms with E-state index >= 15 is 0 Å². The summed E-state index contributed by atoms with van der Waals surface area (Å²) in [7, 11) is -0.674. The van der Waals surface area contributed by atoms with E-state index in [9.17, 15) is 18.0 Å². The molecule has 0 spiro atoms. The molecule has 0 aliphatic carbocycles. The van der Waals surface area contributed by atoms with E-state index in [4.69, 9.17) is 4.74 Å². The summed E-state index contributed by atoms with van der Waals surface area (Å²) in [6.45, 7) is 3.23. The Bertz CT molecular complexity index is 720. The molecule has 1 amide bonds. The molecular weight excluding hydrogens is 344 g/mol. The highest BCUT2D eigenvalue weighted by Crippen LogP contribution is 2.17. The zero-order valence-electron chi connectivity index (χ0n) is 14.8. The Morgan fingerprint density at radius 1 is 1.16 bits per heavy atom. The van der Waals surface area contributed by atoms with Gasteiger partial charge in [0.15, 0.2) is 6.61 Å². The van der Waals surface area contributed by atoms with Crippen LogP contribution in [0.25, 0.3) is 0 Å². The third-order valence-corrected chi connectivity index (χ3v) is 6.16. The molecule has 0 unspecified atom stereocenters. The number of carbonyl (C=O) groups is 2. The predicted octanol–water partition coefficient (Wildman–Crippen LogP) is 1.35. The van der Waals surface area contributed by atoms with E-state index < -0.39 is 16.0 Å². The molecule has 0 radical (unpaired) electrons. The van der Waals surface area contributed by atoms with Crippen molar-refractivity contribution in [3.63, 3.8) is 0 Å². The lowest BCUT2D eigenvalue weighted by Gasteiger charge is -2.30. The molecule has 0 atom stereocenters. The van der Waals surface area contributed by atoms with Crippen molar-refractivity contribution in [3.8, 4) is 0 Å². The predicted molar refractivity (Wildman–Crippen MR) is 92.6 cm³/mol. The summed E-state index contributed by atoms with van der Waals surface area (Å²) >= 11 is 0. The van der Waals surface area contributed by atoms with Gasteiger partial charge in [-0.2, -0.15) is 0 Å².